The first-order chi connectivity index (χ1) is 21.3. The predicted octanol–water partition coefficient (Wildman–Crippen LogP) is 5.39. The fourth-order valence-electron chi connectivity index (χ4n) is 8.10. The van der Waals surface area contributed by atoms with Gasteiger partial charge in [0.05, 0.1) is 5.41 Å². The number of hydrogen-bond acceptors (Lipinski definition) is 3. The molecular formula is C40H53IN4. The van der Waals surface area contributed by atoms with Crippen LogP contribution in [0.3, 0.4) is 0 Å². The molecule has 3 heterocycles. The summed E-state index contributed by atoms with van der Waals surface area (Å²) in [5, 5.41) is 3.59. The van der Waals surface area contributed by atoms with E-state index in [9.17, 15) is 0 Å². The van der Waals surface area contributed by atoms with Gasteiger partial charge in [0.2, 0.25) is 5.69 Å². The summed E-state index contributed by atoms with van der Waals surface area (Å²) < 4.78 is 2.57. The molecule has 0 radical (unpaired) electrons. The molecule has 0 atom stereocenters. The van der Waals surface area contributed by atoms with Crippen molar-refractivity contribution in [3.05, 3.63) is 107 Å². The van der Waals surface area contributed by atoms with Crippen molar-refractivity contribution in [2.75, 3.05) is 44.2 Å². The molecule has 0 unspecified atom stereocenters. The molecule has 2 aromatic rings. The van der Waals surface area contributed by atoms with Crippen LogP contribution in [0.4, 0.5) is 11.4 Å². The molecule has 4 nitrogen and oxygen atoms in total. The van der Waals surface area contributed by atoms with Gasteiger partial charge in [0.1, 0.15) is 6.54 Å². The van der Waals surface area contributed by atoms with Gasteiger partial charge in [-0.1, -0.05) is 76.2 Å². The van der Waals surface area contributed by atoms with Gasteiger partial charge in [0.25, 0.3) is 0 Å². The first-order valence-electron chi connectivity index (χ1n) is 17.2. The number of fused-ring (bicyclic) bond motifs is 2. The monoisotopic (exact) mass is 716 g/mol. The first kappa shape index (κ1) is 33.7. The van der Waals surface area contributed by atoms with E-state index in [0.717, 1.165) is 65.0 Å². The van der Waals surface area contributed by atoms with Crippen molar-refractivity contribution in [3.63, 3.8) is 0 Å². The van der Waals surface area contributed by atoms with Gasteiger partial charge in [-0.2, -0.15) is 4.58 Å². The van der Waals surface area contributed by atoms with Crippen molar-refractivity contribution in [3.8, 4) is 0 Å². The zero-order valence-electron chi connectivity index (χ0n) is 28.4. The van der Waals surface area contributed by atoms with Crippen LogP contribution in [0.5, 0.6) is 0 Å². The minimum atomic E-state index is -0.0123. The van der Waals surface area contributed by atoms with Crippen LogP contribution in [0.1, 0.15) is 84.8 Å². The second kappa shape index (κ2) is 14.0. The predicted molar refractivity (Wildman–Crippen MR) is 187 cm³/mol. The topological polar surface area (TPSA) is 21.5 Å². The van der Waals surface area contributed by atoms with Crippen molar-refractivity contribution in [1.29, 1.82) is 0 Å². The molecule has 1 fully saturated rings. The molecule has 1 aliphatic carbocycles. The lowest BCUT2D eigenvalue weighted by Crippen LogP contribution is -3.00. The summed E-state index contributed by atoms with van der Waals surface area (Å²) in [5.41, 5.74) is 12.9. The maximum absolute atomic E-state index is 3.59. The van der Waals surface area contributed by atoms with Gasteiger partial charge in [0.15, 0.2) is 5.71 Å². The van der Waals surface area contributed by atoms with Crippen molar-refractivity contribution < 1.29 is 28.6 Å². The number of nitrogens with zero attached hydrogens (tertiary/aromatic N) is 3. The third kappa shape index (κ3) is 6.24. The van der Waals surface area contributed by atoms with Gasteiger partial charge >= 0.3 is 0 Å². The first-order valence-corrected chi connectivity index (χ1v) is 17.2. The average Bonchev–Trinajstić information content (AvgIpc) is 3.38. The van der Waals surface area contributed by atoms with Crippen LogP contribution in [-0.2, 0) is 10.8 Å². The smallest absolute Gasteiger partial charge is 0.209 e. The van der Waals surface area contributed by atoms with E-state index in [0.29, 0.717) is 0 Å². The molecule has 45 heavy (non-hydrogen) atoms. The molecule has 0 spiro atoms. The third-order valence-electron chi connectivity index (χ3n) is 10.3. The molecule has 6 rings (SSSR count). The molecule has 2 aromatic carbocycles. The fourth-order valence-corrected chi connectivity index (χ4v) is 8.10. The Bertz CT molecular complexity index is 1550. The Morgan fingerprint density at radius 2 is 1.53 bits per heavy atom. The normalized spacial score (nSPS) is 22.4. The van der Waals surface area contributed by atoms with Gasteiger partial charge in [-0.15, -0.1) is 0 Å². The molecule has 1 saturated heterocycles. The van der Waals surface area contributed by atoms with E-state index >= 15 is 0 Å². The Kier molecular flexibility index (Phi) is 10.5. The van der Waals surface area contributed by atoms with Gasteiger partial charge in [0, 0.05) is 79.3 Å². The van der Waals surface area contributed by atoms with E-state index in [1.165, 1.54) is 57.2 Å². The van der Waals surface area contributed by atoms with Crippen LogP contribution >= 0.6 is 0 Å². The Morgan fingerprint density at radius 1 is 0.822 bits per heavy atom. The Hall–Kier alpha value is -2.64. The highest BCUT2D eigenvalue weighted by Gasteiger charge is 2.44. The van der Waals surface area contributed by atoms with E-state index in [2.05, 4.69) is 134 Å². The van der Waals surface area contributed by atoms with Crippen molar-refractivity contribution >= 4 is 17.1 Å². The van der Waals surface area contributed by atoms with Crippen molar-refractivity contribution in [2.45, 2.75) is 84.5 Å². The number of benzene rings is 2. The zero-order valence-corrected chi connectivity index (χ0v) is 30.6. The van der Waals surface area contributed by atoms with Gasteiger partial charge in [-0.25, -0.2) is 0 Å². The number of nitrogens with one attached hydrogen (secondary N) is 1. The molecule has 1 N–H and O–H groups in total. The Balaban J connectivity index is 0.00000400. The number of piperazine rings is 1. The van der Waals surface area contributed by atoms with Crippen molar-refractivity contribution in [1.82, 2.24) is 10.2 Å². The molecule has 3 aliphatic heterocycles. The molecule has 0 saturated carbocycles. The average molecular weight is 717 g/mol. The summed E-state index contributed by atoms with van der Waals surface area (Å²) in [6.45, 7) is 20.5. The highest BCUT2D eigenvalue weighted by Crippen LogP contribution is 2.48. The number of allylic oxidation sites excluding steroid dienone is 7. The fraction of sp³-hybridized carbons (Fsp3) is 0.475. The second-order valence-corrected chi connectivity index (χ2v) is 14.0. The molecule has 0 amide bonds. The summed E-state index contributed by atoms with van der Waals surface area (Å²) in [6.07, 6.45) is 15.6. The van der Waals surface area contributed by atoms with Crippen LogP contribution in [0.2, 0.25) is 0 Å². The number of anilines is 1. The molecule has 4 aliphatic rings. The minimum absolute atomic E-state index is 0. The van der Waals surface area contributed by atoms with Gasteiger partial charge in [-0.3, -0.25) is 0 Å². The lowest BCUT2D eigenvalue weighted by atomic mass is 9.81. The number of para-hydroxylation sites is 2. The van der Waals surface area contributed by atoms with E-state index in [1.54, 1.807) is 0 Å². The van der Waals surface area contributed by atoms with E-state index in [-0.39, 0.29) is 34.8 Å². The molecule has 0 bridgehead atoms. The lowest BCUT2D eigenvalue weighted by Gasteiger charge is -2.36. The minimum Gasteiger partial charge on any atom is -1.00 e. The molecule has 5 heteroatoms. The summed E-state index contributed by atoms with van der Waals surface area (Å²) >= 11 is 0. The lowest BCUT2D eigenvalue weighted by molar-refractivity contribution is -0.437. The highest BCUT2D eigenvalue weighted by molar-refractivity contribution is 6.03. The van der Waals surface area contributed by atoms with Crippen LogP contribution < -0.4 is 34.2 Å². The highest BCUT2D eigenvalue weighted by atomic mass is 127. The summed E-state index contributed by atoms with van der Waals surface area (Å²) in [5.74, 6) is 0. The molecular weight excluding hydrogens is 663 g/mol. The Morgan fingerprint density at radius 3 is 2.27 bits per heavy atom. The SMILES string of the molecule is CCCN1/C(=C\C=C2/CCCC(/C=C/C3=[N+](CCC)c4ccccc4C3(C)C)=C2N2CCNCC2)C(C)(C)c2ccccc21.[I-]. The summed E-state index contributed by atoms with van der Waals surface area (Å²) in [7, 11) is 0. The number of hydrogen-bond donors (Lipinski definition) is 1. The summed E-state index contributed by atoms with van der Waals surface area (Å²) in [6, 6.07) is 18.0. The maximum atomic E-state index is 3.59. The van der Waals surface area contributed by atoms with Crippen LogP contribution in [0.15, 0.2) is 95.4 Å². The van der Waals surface area contributed by atoms with Crippen LogP contribution in [-0.4, -0.2) is 54.5 Å². The zero-order chi connectivity index (χ0) is 30.9. The van der Waals surface area contributed by atoms with E-state index in [1.807, 2.05) is 0 Å². The van der Waals surface area contributed by atoms with Gasteiger partial charge < -0.3 is 39.1 Å². The van der Waals surface area contributed by atoms with Crippen LogP contribution in [0, 0.1) is 0 Å². The quantitative estimate of drug-likeness (QED) is 0.293. The third-order valence-corrected chi connectivity index (χ3v) is 10.3. The van der Waals surface area contributed by atoms with E-state index < -0.39 is 0 Å². The number of halogens is 1. The Labute approximate surface area is 289 Å². The largest absolute Gasteiger partial charge is 1.00 e. The van der Waals surface area contributed by atoms with Crippen LogP contribution in [0.25, 0.3) is 0 Å². The second-order valence-electron chi connectivity index (χ2n) is 14.0. The maximum Gasteiger partial charge on any atom is 0.209 e. The van der Waals surface area contributed by atoms with Gasteiger partial charge in [-0.05, 0) is 68.4 Å². The number of rotatable bonds is 8. The van der Waals surface area contributed by atoms with E-state index in [4.69, 9.17) is 0 Å². The standard InChI is InChI=1S/C40H53N4.HI/c1-7-26-43-34-18-11-9-16-32(34)39(3,4)36(43)22-20-30-14-13-15-31(38(30)42-28-24-41-25-29-42)21-23-37-40(5,6)33-17-10-12-19-35(33)44(37)27-8-2;/h9-12,16-23,41H,7-8,13-15,24-29H2,1-6H3;1H/q+1;/p-1. The molecule has 240 valence electrons. The molecule has 0 aromatic heterocycles. The van der Waals surface area contributed by atoms with Crippen molar-refractivity contribution in [2.24, 2.45) is 0 Å². The summed E-state index contributed by atoms with van der Waals surface area (Å²) in [4.78, 5) is 5.24.